The van der Waals surface area contributed by atoms with Crippen molar-refractivity contribution in [3.05, 3.63) is 0 Å². The van der Waals surface area contributed by atoms with Gasteiger partial charge in [0.1, 0.15) is 0 Å². The van der Waals surface area contributed by atoms with Crippen LogP contribution in [-0.2, 0) is 19.1 Å². The van der Waals surface area contributed by atoms with Crippen LogP contribution in [0.1, 0.15) is 104 Å². The molecule has 25 heavy (non-hydrogen) atoms. The summed E-state index contributed by atoms with van der Waals surface area (Å²) in [5.74, 6) is -0.583. The number of halogens is 1. The minimum Gasteiger partial charge on any atom is -0.466 e. The van der Waals surface area contributed by atoms with E-state index < -0.39 is 0 Å². The van der Waals surface area contributed by atoms with Crippen molar-refractivity contribution in [3.8, 4) is 0 Å². The van der Waals surface area contributed by atoms with E-state index in [0.717, 1.165) is 25.7 Å². The third-order valence-electron chi connectivity index (χ3n) is 4.06. The highest BCUT2D eigenvalue weighted by atomic mass is 35.5. The van der Waals surface area contributed by atoms with Gasteiger partial charge in [0.25, 0.3) is 0 Å². The Kier molecular flexibility index (Phi) is 22.5. The third-order valence-corrected chi connectivity index (χ3v) is 4.06. The summed E-state index contributed by atoms with van der Waals surface area (Å²) in [5, 5.41) is 0. The number of esters is 2. The SMILES string of the molecule is CCCCCCCCOC(=O)CCC(=O)OCCCCCCCC.Cl. The molecule has 0 amide bonds. The molecule has 0 saturated carbocycles. The highest BCUT2D eigenvalue weighted by molar-refractivity contribution is 5.85. The topological polar surface area (TPSA) is 52.6 Å². The van der Waals surface area contributed by atoms with Gasteiger partial charge < -0.3 is 9.47 Å². The molecule has 0 aliphatic heterocycles. The smallest absolute Gasteiger partial charge is 0.306 e. The van der Waals surface area contributed by atoms with Gasteiger partial charge in [-0.3, -0.25) is 9.59 Å². The van der Waals surface area contributed by atoms with Crippen LogP contribution < -0.4 is 0 Å². The largest absolute Gasteiger partial charge is 0.466 e. The van der Waals surface area contributed by atoms with Gasteiger partial charge in [-0.15, -0.1) is 12.4 Å². The summed E-state index contributed by atoms with van der Waals surface area (Å²) in [5.41, 5.74) is 0. The van der Waals surface area contributed by atoms with Gasteiger partial charge in [0.05, 0.1) is 26.1 Å². The molecule has 0 fully saturated rings. The van der Waals surface area contributed by atoms with Crippen molar-refractivity contribution in [3.63, 3.8) is 0 Å². The van der Waals surface area contributed by atoms with Gasteiger partial charge >= 0.3 is 11.9 Å². The van der Waals surface area contributed by atoms with E-state index in [9.17, 15) is 9.59 Å². The summed E-state index contributed by atoms with van der Waals surface area (Å²) in [6.07, 6.45) is 14.3. The fraction of sp³-hybridized carbons (Fsp3) is 0.900. The van der Waals surface area contributed by atoms with Crippen LogP contribution in [0.3, 0.4) is 0 Å². The van der Waals surface area contributed by atoms with Gasteiger partial charge in [0, 0.05) is 0 Å². The van der Waals surface area contributed by atoms with Gasteiger partial charge in [-0.1, -0.05) is 78.1 Å². The van der Waals surface area contributed by atoms with E-state index in [1.54, 1.807) is 0 Å². The second kappa shape index (κ2) is 21.3. The molecular formula is C20H39ClO4. The average Bonchev–Trinajstić information content (AvgIpc) is 2.58. The molecule has 0 saturated heterocycles. The van der Waals surface area contributed by atoms with Gasteiger partial charge in [-0.2, -0.15) is 0 Å². The van der Waals surface area contributed by atoms with Crippen molar-refractivity contribution in [2.45, 2.75) is 104 Å². The van der Waals surface area contributed by atoms with Gasteiger partial charge in [-0.05, 0) is 12.8 Å². The summed E-state index contributed by atoms with van der Waals surface area (Å²) in [4.78, 5) is 23.1. The fourth-order valence-electron chi connectivity index (χ4n) is 2.49. The van der Waals surface area contributed by atoms with E-state index in [1.807, 2.05) is 0 Å². The van der Waals surface area contributed by atoms with Crippen molar-refractivity contribution in [1.29, 1.82) is 0 Å². The van der Waals surface area contributed by atoms with Crippen LogP contribution in [0.5, 0.6) is 0 Å². The number of ether oxygens (including phenoxy) is 2. The summed E-state index contributed by atoms with van der Waals surface area (Å²) in [6, 6.07) is 0. The zero-order chi connectivity index (χ0) is 17.9. The first-order valence-electron chi connectivity index (χ1n) is 10.0. The Morgan fingerprint density at radius 3 is 1.24 bits per heavy atom. The highest BCUT2D eigenvalue weighted by Crippen LogP contribution is 2.07. The quantitative estimate of drug-likeness (QED) is 0.230. The molecule has 0 spiro atoms. The number of unbranched alkanes of at least 4 members (excludes halogenated alkanes) is 10. The van der Waals surface area contributed by atoms with Crippen LogP contribution in [-0.4, -0.2) is 25.2 Å². The molecule has 0 radical (unpaired) electrons. The van der Waals surface area contributed by atoms with Crippen molar-refractivity contribution in [2.75, 3.05) is 13.2 Å². The lowest BCUT2D eigenvalue weighted by atomic mass is 10.1. The Balaban J connectivity index is 0. The zero-order valence-corrected chi connectivity index (χ0v) is 17.2. The Bertz CT molecular complexity index is 278. The van der Waals surface area contributed by atoms with Gasteiger partial charge in [0.2, 0.25) is 0 Å². The van der Waals surface area contributed by atoms with E-state index >= 15 is 0 Å². The van der Waals surface area contributed by atoms with Gasteiger partial charge in [-0.25, -0.2) is 0 Å². The molecule has 150 valence electrons. The monoisotopic (exact) mass is 378 g/mol. The number of carbonyl (C=O) groups is 2. The Hall–Kier alpha value is -0.770. The van der Waals surface area contributed by atoms with Gasteiger partial charge in [0.15, 0.2) is 0 Å². The van der Waals surface area contributed by atoms with Crippen molar-refractivity contribution in [2.24, 2.45) is 0 Å². The van der Waals surface area contributed by atoms with Crippen LogP contribution in [0.4, 0.5) is 0 Å². The summed E-state index contributed by atoms with van der Waals surface area (Å²) >= 11 is 0. The Labute approximate surface area is 160 Å². The molecule has 0 N–H and O–H groups in total. The minimum atomic E-state index is -0.292. The standard InChI is InChI=1S/C20H38O4.ClH/c1-3-5-7-9-11-13-17-23-19(21)15-16-20(22)24-18-14-12-10-8-6-4-2;/h3-18H2,1-2H3;1H. The van der Waals surface area contributed by atoms with Crippen LogP contribution in [0, 0.1) is 0 Å². The molecule has 0 rings (SSSR count). The zero-order valence-electron chi connectivity index (χ0n) is 16.4. The van der Waals surface area contributed by atoms with E-state index in [0.29, 0.717) is 13.2 Å². The van der Waals surface area contributed by atoms with E-state index in [2.05, 4.69) is 13.8 Å². The summed E-state index contributed by atoms with van der Waals surface area (Å²) < 4.78 is 10.3. The van der Waals surface area contributed by atoms with Crippen molar-refractivity contribution >= 4 is 24.3 Å². The number of hydrogen-bond donors (Lipinski definition) is 0. The molecule has 0 aliphatic rings. The Morgan fingerprint density at radius 1 is 0.560 bits per heavy atom. The molecular weight excluding hydrogens is 340 g/mol. The maximum atomic E-state index is 11.5. The fourth-order valence-corrected chi connectivity index (χ4v) is 2.49. The lowest BCUT2D eigenvalue weighted by molar-refractivity contribution is -0.150. The minimum absolute atomic E-state index is 0. The third kappa shape index (κ3) is 21.2. The molecule has 0 aromatic heterocycles. The van der Waals surface area contributed by atoms with Crippen molar-refractivity contribution in [1.82, 2.24) is 0 Å². The summed E-state index contributed by atoms with van der Waals surface area (Å²) in [6.45, 7) is 5.33. The molecule has 0 bridgehead atoms. The lowest BCUT2D eigenvalue weighted by Gasteiger charge is -2.06. The molecule has 0 aromatic rings. The maximum absolute atomic E-state index is 11.5. The molecule has 4 nitrogen and oxygen atoms in total. The molecule has 0 aliphatic carbocycles. The molecule has 0 aromatic carbocycles. The second-order valence-corrected chi connectivity index (χ2v) is 6.48. The Morgan fingerprint density at radius 2 is 0.880 bits per heavy atom. The molecule has 0 atom stereocenters. The summed E-state index contributed by atoms with van der Waals surface area (Å²) in [7, 11) is 0. The predicted molar refractivity (Wildman–Crippen MR) is 105 cm³/mol. The van der Waals surface area contributed by atoms with Crippen LogP contribution in [0.15, 0.2) is 0 Å². The van der Waals surface area contributed by atoms with E-state index in [-0.39, 0.29) is 37.2 Å². The van der Waals surface area contributed by atoms with E-state index in [4.69, 9.17) is 9.47 Å². The first-order chi connectivity index (χ1) is 11.7. The second-order valence-electron chi connectivity index (χ2n) is 6.48. The molecule has 5 heteroatoms. The van der Waals surface area contributed by atoms with Crippen LogP contribution in [0.2, 0.25) is 0 Å². The predicted octanol–water partition coefficient (Wildman–Crippen LogP) is 6.00. The number of rotatable bonds is 17. The molecule has 0 unspecified atom stereocenters. The lowest BCUT2D eigenvalue weighted by Crippen LogP contribution is -2.11. The first-order valence-corrected chi connectivity index (χ1v) is 10.0. The molecule has 0 heterocycles. The van der Waals surface area contributed by atoms with Crippen LogP contribution in [0.25, 0.3) is 0 Å². The van der Waals surface area contributed by atoms with Crippen LogP contribution >= 0.6 is 12.4 Å². The first kappa shape index (κ1) is 26.5. The maximum Gasteiger partial charge on any atom is 0.306 e. The average molecular weight is 379 g/mol. The normalized spacial score (nSPS) is 10.2. The number of carbonyl (C=O) groups excluding carboxylic acids is 2. The highest BCUT2D eigenvalue weighted by Gasteiger charge is 2.08. The van der Waals surface area contributed by atoms with Crippen molar-refractivity contribution < 1.29 is 19.1 Å². The number of hydrogen-bond acceptors (Lipinski definition) is 4. The van der Waals surface area contributed by atoms with E-state index in [1.165, 1.54) is 51.4 Å².